The van der Waals surface area contributed by atoms with E-state index in [-0.39, 0.29) is 0 Å². The van der Waals surface area contributed by atoms with E-state index in [0.29, 0.717) is 5.57 Å². The van der Waals surface area contributed by atoms with Crippen LogP contribution in [0.15, 0.2) is 41.8 Å². The largest absolute Gasteiger partial charge is 0.192 e. The molecule has 16 heavy (non-hydrogen) atoms. The van der Waals surface area contributed by atoms with Crippen molar-refractivity contribution in [3.8, 4) is 6.07 Å². The fourth-order valence-corrected chi connectivity index (χ4v) is 2.32. The number of rotatable bonds is 2. The van der Waals surface area contributed by atoms with E-state index in [2.05, 4.69) is 19.1 Å². The molecule has 0 bridgehead atoms. The summed E-state index contributed by atoms with van der Waals surface area (Å²) in [6.45, 7) is 2.06. The molecule has 1 heterocycles. The minimum absolute atomic E-state index is 0.714. The molecule has 2 heteroatoms. The number of nitriles is 1. The van der Waals surface area contributed by atoms with Gasteiger partial charge < -0.3 is 0 Å². The Morgan fingerprint density at radius 3 is 2.56 bits per heavy atom. The smallest absolute Gasteiger partial charge is 0.0998 e. The summed E-state index contributed by atoms with van der Waals surface area (Å²) >= 11 is 1.66. The maximum absolute atomic E-state index is 9.16. The molecule has 0 unspecified atom stereocenters. The SMILES string of the molecule is Cc1ccsc1C=C(C#N)c1ccccc1. The Kier molecular flexibility index (Phi) is 3.19. The van der Waals surface area contributed by atoms with Gasteiger partial charge in [-0.15, -0.1) is 11.3 Å². The van der Waals surface area contributed by atoms with Crippen molar-refractivity contribution in [2.75, 3.05) is 0 Å². The van der Waals surface area contributed by atoms with Crippen LogP contribution in [0.1, 0.15) is 16.0 Å². The summed E-state index contributed by atoms with van der Waals surface area (Å²) in [5, 5.41) is 11.2. The van der Waals surface area contributed by atoms with Crippen molar-refractivity contribution in [3.63, 3.8) is 0 Å². The van der Waals surface area contributed by atoms with Gasteiger partial charge in [0.1, 0.15) is 0 Å². The van der Waals surface area contributed by atoms with Gasteiger partial charge >= 0.3 is 0 Å². The van der Waals surface area contributed by atoms with E-state index in [0.717, 1.165) is 10.4 Å². The fourth-order valence-electron chi connectivity index (χ4n) is 1.46. The second-order valence-corrected chi connectivity index (χ2v) is 4.45. The van der Waals surface area contributed by atoms with Gasteiger partial charge in [-0.1, -0.05) is 30.3 Å². The number of hydrogen-bond donors (Lipinski definition) is 0. The predicted octanol–water partition coefficient (Wildman–Crippen LogP) is 4.12. The average molecular weight is 225 g/mol. The average Bonchev–Trinajstić information content (AvgIpc) is 2.73. The van der Waals surface area contributed by atoms with E-state index in [4.69, 9.17) is 5.26 Å². The highest BCUT2D eigenvalue weighted by Crippen LogP contribution is 2.23. The lowest BCUT2D eigenvalue weighted by Gasteiger charge is -1.98. The summed E-state index contributed by atoms with van der Waals surface area (Å²) in [6.07, 6.45) is 1.95. The minimum atomic E-state index is 0.714. The zero-order chi connectivity index (χ0) is 11.4. The van der Waals surface area contributed by atoms with Gasteiger partial charge in [-0.25, -0.2) is 0 Å². The van der Waals surface area contributed by atoms with Gasteiger partial charge in [-0.3, -0.25) is 0 Å². The van der Waals surface area contributed by atoms with Crippen molar-refractivity contribution in [1.82, 2.24) is 0 Å². The molecule has 0 fully saturated rings. The first-order chi connectivity index (χ1) is 7.81. The molecular weight excluding hydrogens is 214 g/mol. The molecule has 2 rings (SSSR count). The number of benzene rings is 1. The van der Waals surface area contributed by atoms with E-state index in [1.54, 1.807) is 11.3 Å². The van der Waals surface area contributed by atoms with E-state index in [9.17, 15) is 0 Å². The summed E-state index contributed by atoms with van der Waals surface area (Å²) in [5.41, 5.74) is 2.90. The van der Waals surface area contributed by atoms with Gasteiger partial charge in [0.25, 0.3) is 0 Å². The van der Waals surface area contributed by atoms with Gasteiger partial charge in [0.15, 0.2) is 0 Å². The molecule has 0 saturated carbocycles. The van der Waals surface area contributed by atoms with E-state index < -0.39 is 0 Å². The number of thiophene rings is 1. The highest BCUT2D eigenvalue weighted by molar-refractivity contribution is 7.11. The first-order valence-corrected chi connectivity index (χ1v) is 5.90. The minimum Gasteiger partial charge on any atom is -0.192 e. The molecule has 0 aliphatic heterocycles. The van der Waals surface area contributed by atoms with Crippen LogP contribution in [0.25, 0.3) is 11.6 Å². The quantitative estimate of drug-likeness (QED) is 0.705. The predicted molar refractivity (Wildman–Crippen MR) is 69.0 cm³/mol. The molecule has 2 aromatic rings. The van der Waals surface area contributed by atoms with Gasteiger partial charge in [0.2, 0.25) is 0 Å². The third-order valence-corrected chi connectivity index (χ3v) is 3.35. The maximum atomic E-state index is 9.16. The summed E-state index contributed by atoms with van der Waals surface area (Å²) in [5.74, 6) is 0. The van der Waals surface area contributed by atoms with Crippen LogP contribution in [-0.4, -0.2) is 0 Å². The van der Waals surface area contributed by atoms with E-state index in [1.807, 2.05) is 41.8 Å². The normalized spacial score (nSPS) is 11.1. The Balaban J connectivity index is 2.43. The second kappa shape index (κ2) is 4.78. The van der Waals surface area contributed by atoms with Gasteiger partial charge in [-0.05, 0) is 35.6 Å². The number of allylic oxidation sites excluding steroid dienone is 1. The van der Waals surface area contributed by atoms with Crippen LogP contribution in [0.5, 0.6) is 0 Å². The Morgan fingerprint density at radius 2 is 2.00 bits per heavy atom. The molecule has 0 spiro atoms. The Hall–Kier alpha value is -1.85. The lowest BCUT2D eigenvalue weighted by Crippen LogP contribution is -1.80. The Labute approximate surface area is 99.3 Å². The van der Waals surface area contributed by atoms with Crippen LogP contribution in [0, 0.1) is 18.3 Å². The molecule has 0 saturated heterocycles. The van der Waals surface area contributed by atoms with Crippen LogP contribution in [-0.2, 0) is 0 Å². The molecule has 0 radical (unpaired) electrons. The van der Waals surface area contributed by atoms with Crippen molar-refractivity contribution in [2.24, 2.45) is 0 Å². The first-order valence-electron chi connectivity index (χ1n) is 5.02. The number of aryl methyl sites for hydroxylation is 1. The molecule has 0 aliphatic carbocycles. The third-order valence-electron chi connectivity index (χ3n) is 2.38. The molecule has 1 nitrogen and oxygen atoms in total. The molecule has 0 aliphatic rings. The molecule has 0 amide bonds. The highest BCUT2D eigenvalue weighted by atomic mass is 32.1. The summed E-state index contributed by atoms with van der Waals surface area (Å²) in [6, 6.07) is 14.1. The van der Waals surface area contributed by atoms with Crippen molar-refractivity contribution < 1.29 is 0 Å². The topological polar surface area (TPSA) is 23.8 Å². The Bertz CT molecular complexity index is 544. The summed E-state index contributed by atoms with van der Waals surface area (Å²) in [7, 11) is 0. The van der Waals surface area contributed by atoms with Gasteiger partial charge in [0, 0.05) is 4.88 Å². The number of nitrogens with zero attached hydrogens (tertiary/aromatic N) is 1. The first kappa shape index (κ1) is 10.7. The molecule has 1 aromatic carbocycles. The zero-order valence-corrected chi connectivity index (χ0v) is 9.79. The summed E-state index contributed by atoms with van der Waals surface area (Å²) in [4.78, 5) is 1.15. The second-order valence-electron chi connectivity index (χ2n) is 3.50. The maximum Gasteiger partial charge on any atom is 0.0998 e. The van der Waals surface area contributed by atoms with Crippen molar-refractivity contribution >= 4 is 23.0 Å². The number of hydrogen-bond acceptors (Lipinski definition) is 2. The van der Waals surface area contributed by atoms with Crippen LogP contribution in [0.4, 0.5) is 0 Å². The van der Waals surface area contributed by atoms with Gasteiger partial charge in [0.05, 0.1) is 11.6 Å². The molecule has 0 atom stereocenters. The van der Waals surface area contributed by atoms with Crippen LogP contribution >= 0.6 is 11.3 Å². The van der Waals surface area contributed by atoms with Gasteiger partial charge in [-0.2, -0.15) is 5.26 Å². The standard InChI is InChI=1S/C14H11NS/c1-11-7-8-16-14(11)9-13(10-15)12-5-3-2-4-6-12/h2-9H,1H3. The van der Waals surface area contributed by atoms with Crippen LogP contribution < -0.4 is 0 Å². The molecule has 78 valence electrons. The van der Waals surface area contributed by atoms with E-state index in [1.165, 1.54) is 5.56 Å². The van der Waals surface area contributed by atoms with Crippen molar-refractivity contribution in [2.45, 2.75) is 6.92 Å². The fraction of sp³-hybridized carbons (Fsp3) is 0.0714. The Morgan fingerprint density at radius 1 is 1.25 bits per heavy atom. The third kappa shape index (κ3) is 2.21. The van der Waals surface area contributed by atoms with Crippen LogP contribution in [0.2, 0.25) is 0 Å². The highest BCUT2D eigenvalue weighted by Gasteiger charge is 2.02. The summed E-state index contributed by atoms with van der Waals surface area (Å²) < 4.78 is 0. The van der Waals surface area contributed by atoms with E-state index >= 15 is 0 Å². The zero-order valence-electron chi connectivity index (χ0n) is 8.97. The monoisotopic (exact) mass is 225 g/mol. The lowest BCUT2D eigenvalue weighted by molar-refractivity contribution is 1.51. The van der Waals surface area contributed by atoms with Crippen LogP contribution in [0.3, 0.4) is 0 Å². The lowest BCUT2D eigenvalue weighted by atomic mass is 10.1. The van der Waals surface area contributed by atoms with Crippen molar-refractivity contribution in [1.29, 1.82) is 5.26 Å². The molecule has 1 aromatic heterocycles. The molecule has 0 N–H and O–H groups in total. The molecular formula is C14H11NS. The van der Waals surface area contributed by atoms with Crippen molar-refractivity contribution in [3.05, 3.63) is 57.8 Å².